The molecule has 1 aliphatic carbocycles. The number of hydrogen-bond acceptors (Lipinski definition) is 5. The molecule has 0 bridgehead atoms. The van der Waals surface area contributed by atoms with Gasteiger partial charge in [0.05, 0.1) is 0 Å². The van der Waals surface area contributed by atoms with Crippen LogP contribution in [-0.2, 0) is 0 Å². The van der Waals surface area contributed by atoms with Gasteiger partial charge in [0.15, 0.2) is 0 Å². The first-order valence-electron chi connectivity index (χ1n) is 11.3. The SMILES string of the molecule is Cc1sc(C=C(C#N)C#N)cc1C1=C(c2cc(/C=C/c3ccc(N(C)C)cc3)sc2C)CCC1. The molecule has 0 radical (unpaired) electrons. The van der Waals surface area contributed by atoms with Crippen LogP contribution in [0.1, 0.15) is 55.5 Å². The molecular weight excluding hydrogens is 454 g/mol. The molecule has 0 atom stereocenters. The number of aryl methyl sites for hydroxylation is 2. The van der Waals surface area contributed by atoms with E-state index in [1.807, 2.05) is 23.5 Å². The molecule has 0 N–H and O–H groups in total. The van der Waals surface area contributed by atoms with E-state index >= 15 is 0 Å². The van der Waals surface area contributed by atoms with Crippen LogP contribution in [0.5, 0.6) is 0 Å². The van der Waals surface area contributed by atoms with E-state index in [2.05, 4.69) is 81.4 Å². The molecule has 1 aliphatic rings. The molecule has 0 amide bonds. The van der Waals surface area contributed by atoms with Gasteiger partial charge in [-0.1, -0.05) is 18.2 Å². The highest BCUT2D eigenvalue weighted by molar-refractivity contribution is 7.13. The highest BCUT2D eigenvalue weighted by Crippen LogP contribution is 2.45. The molecule has 4 rings (SSSR count). The summed E-state index contributed by atoms with van der Waals surface area (Å²) in [6, 6.07) is 17.0. The van der Waals surface area contributed by atoms with Gasteiger partial charge in [0, 0.05) is 39.3 Å². The zero-order valence-corrected chi connectivity index (χ0v) is 21.6. The third-order valence-corrected chi connectivity index (χ3v) is 8.13. The molecule has 0 spiro atoms. The Balaban J connectivity index is 1.63. The van der Waals surface area contributed by atoms with Crippen LogP contribution in [0, 0.1) is 36.5 Å². The Labute approximate surface area is 210 Å². The monoisotopic (exact) mass is 481 g/mol. The second kappa shape index (κ2) is 10.3. The van der Waals surface area contributed by atoms with E-state index in [1.54, 1.807) is 17.4 Å². The molecule has 3 aromatic rings. The first-order chi connectivity index (χ1) is 16.4. The van der Waals surface area contributed by atoms with Crippen LogP contribution in [-0.4, -0.2) is 14.1 Å². The number of thiophene rings is 2. The average Bonchev–Trinajstić information content (AvgIpc) is 3.54. The van der Waals surface area contributed by atoms with Gasteiger partial charge in [-0.15, -0.1) is 22.7 Å². The minimum absolute atomic E-state index is 0.148. The predicted octanol–water partition coefficient (Wildman–Crippen LogP) is 8.19. The number of hydrogen-bond donors (Lipinski definition) is 0. The summed E-state index contributed by atoms with van der Waals surface area (Å²) < 4.78 is 0. The summed E-state index contributed by atoms with van der Waals surface area (Å²) >= 11 is 3.49. The van der Waals surface area contributed by atoms with E-state index in [1.165, 1.54) is 48.2 Å². The van der Waals surface area contributed by atoms with Gasteiger partial charge in [0.1, 0.15) is 17.7 Å². The fourth-order valence-corrected chi connectivity index (χ4v) is 6.35. The highest BCUT2D eigenvalue weighted by Gasteiger charge is 2.22. The maximum Gasteiger partial charge on any atom is 0.131 e. The molecule has 5 heteroatoms. The fourth-order valence-electron chi connectivity index (χ4n) is 4.39. The summed E-state index contributed by atoms with van der Waals surface area (Å²) in [7, 11) is 4.11. The number of anilines is 1. The second-order valence-corrected chi connectivity index (χ2v) is 11.2. The molecule has 170 valence electrons. The lowest BCUT2D eigenvalue weighted by Gasteiger charge is -2.11. The Morgan fingerprint density at radius 2 is 1.41 bits per heavy atom. The first kappa shape index (κ1) is 23.8. The van der Waals surface area contributed by atoms with Gasteiger partial charge >= 0.3 is 0 Å². The van der Waals surface area contributed by atoms with Crippen molar-refractivity contribution in [3.05, 3.63) is 78.2 Å². The number of nitrogens with zero attached hydrogens (tertiary/aromatic N) is 3. The summed E-state index contributed by atoms with van der Waals surface area (Å²) in [4.78, 5) is 6.93. The fraction of sp³-hybridized carbons (Fsp3) is 0.241. The molecule has 2 heterocycles. The van der Waals surface area contributed by atoms with Crippen molar-refractivity contribution < 1.29 is 0 Å². The minimum atomic E-state index is 0.148. The van der Waals surface area contributed by atoms with Crippen LogP contribution in [0.25, 0.3) is 29.4 Å². The number of nitriles is 2. The van der Waals surface area contributed by atoms with Gasteiger partial charge < -0.3 is 4.90 Å². The van der Waals surface area contributed by atoms with Crippen molar-refractivity contribution in [2.45, 2.75) is 33.1 Å². The molecule has 0 saturated heterocycles. The Bertz CT molecular complexity index is 1360. The maximum absolute atomic E-state index is 9.10. The second-order valence-electron chi connectivity index (χ2n) is 8.65. The lowest BCUT2D eigenvalue weighted by atomic mass is 9.97. The molecule has 34 heavy (non-hydrogen) atoms. The summed E-state index contributed by atoms with van der Waals surface area (Å²) in [5.74, 6) is 0. The summed E-state index contributed by atoms with van der Waals surface area (Å²) in [5.41, 5.74) is 8.03. The first-order valence-corrected chi connectivity index (χ1v) is 12.9. The highest BCUT2D eigenvalue weighted by atomic mass is 32.1. The lowest BCUT2D eigenvalue weighted by molar-refractivity contribution is 0.941. The van der Waals surface area contributed by atoms with E-state index < -0.39 is 0 Å². The Morgan fingerprint density at radius 3 is 1.97 bits per heavy atom. The molecule has 0 saturated carbocycles. The van der Waals surface area contributed by atoms with Crippen LogP contribution in [0.2, 0.25) is 0 Å². The van der Waals surface area contributed by atoms with Gasteiger partial charge in [0.25, 0.3) is 0 Å². The smallest absolute Gasteiger partial charge is 0.131 e. The number of benzene rings is 1. The van der Waals surface area contributed by atoms with Crippen molar-refractivity contribution in [2.75, 3.05) is 19.0 Å². The van der Waals surface area contributed by atoms with E-state index in [4.69, 9.17) is 10.5 Å². The third kappa shape index (κ3) is 5.07. The largest absolute Gasteiger partial charge is 0.378 e. The molecular formula is C29H27N3S2. The summed E-state index contributed by atoms with van der Waals surface area (Å²) in [5, 5.41) is 18.2. The quantitative estimate of drug-likeness (QED) is 0.333. The van der Waals surface area contributed by atoms with Crippen molar-refractivity contribution in [3.63, 3.8) is 0 Å². The van der Waals surface area contributed by atoms with Gasteiger partial charge in [-0.2, -0.15) is 10.5 Å². The molecule has 0 fully saturated rings. The van der Waals surface area contributed by atoms with Crippen LogP contribution in [0.4, 0.5) is 5.69 Å². The molecule has 1 aromatic carbocycles. The van der Waals surface area contributed by atoms with E-state index in [0.717, 1.165) is 24.1 Å². The van der Waals surface area contributed by atoms with E-state index in [-0.39, 0.29) is 5.57 Å². The molecule has 0 aliphatic heterocycles. The van der Waals surface area contributed by atoms with Crippen molar-refractivity contribution in [1.29, 1.82) is 10.5 Å². The zero-order chi connectivity index (χ0) is 24.2. The summed E-state index contributed by atoms with van der Waals surface area (Å²) in [6.45, 7) is 4.35. The predicted molar refractivity (Wildman–Crippen MR) is 148 cm³/mol. The van der Waals surface area contributed by atoms with Crippen molar-refractivity contribution in [1.82, 2.24) is 0 Å². The van der Waals surface area contributed by atoms with Crippen LogP contribution < -0.4 is 4.90 Å². The van der Waals surface area contributed by atoms with Crippen LogP contribution in [0.3, 0.4) is 0 Å². The third-order valence-electron chi connectivity index (χ3n) is 6.12. The van der Waals surface area contributed by atoms with Crippen molar-refractivity contribution in [3.8, 4) is 12.1 Å². The Hall–Kier alpha value is -3.38. The maximum atomic E-state index is 9.10. The van der Waals surface area contributed by atoms with Gasteiger partial charge in [0.2, 0.25) is 0 Å². The van der Waals surface area contributed by atoms with Crippen LogP contribution in [0.15, 0.2) is 42.0 Å². The van der Waals surface area contributed by atoms with Gasteiger partial charge in [-0.25, -0.2) is 0 Å². The standard InChI is InChI=1S/C29H27N3S2/c1-19-28(15-24(33-19)13-10-21-8-11-23(12-9-21)32(3)4)26-6-5-7-27(26)29-16-25(34-20(29)2)14-22(17-30)18-31/h8-16H,5-7H2,1-4H3/b13-10+. The van der Waals surface area contributed by atoms with Crippen molar-refractivity contribution in [2.24, 2.45) is 0 Å². The Kier molecular flexibility index (Phi) is 7.17. The normalized spacial score (nSPS) is 13.2. The summed E-state index contributed by atoms with van der Waals surface area (Å²) in [6.07, 6.45) is 9.40. The van der Waals surface area contributed by atoms with Gasteiger partial charge in [-0.05, 0) is 97.4 Å². The van der Waals surface area contributed by atoms with E-state index in [9.17, 15) is 0 Å². The van der Waals surface area contributed by atoms with Crippen molar-refractivity contribution >= 4 is 57.7 Å². The molecule has 0 unspecified atom stereocenters. The lowest BCUT2D eigenvalue weighted by Crippen LogP contribution is -2.07. The average molecular weight is 482 g/mol. The van der Waals surface area contributed by atoms with Crippen LogP contribution >= 0.6 is 22.7 Å². The molecule has 2 aromatic heterocycles. The zero-order valence-electron chi connectivity index (χ0n) is 20.0. The van der Waals surface area contributed by atoms with Gasteiger partial charge in [-0.3, -0.25) is 0 Å². The minimum Gasteiger partial charge on any atom is -0.378 e. The number of allylic oxidation sites excluding steroid dienone is 3. The number of rotatable bonds is 6. The topological polar surface area (TPSA) is 50.8 Å². The van der Waals surface area contributed by atoms with E-state index in [0.29, 0.717) is 0 Å². The Morgan fingerprint density at radius 1 is 0.853 bits per heavy atom. The molecule has 3 nitrogen and oxygen atoms in total.